The molecule has 0 spiro atoms. The van der Waals surface area contributed by atoms with E-state index in [2.05, 4.69) is 5.32 Å². The minimum atomic E-state index is -3.44. The largest absolute Gasteiger partial charge is 0.379 e. The van der Waals surface area contributed by atoms with E-state index in [0.717, 1.165) is 16.7 Å². The summed E-state index contributed by atoms with van der Waals surface area (Å²) < 4.78 is 32.4. The molecule has 2 aromatic carbocycles. The molecule has 2 heterocycles. The third kappa shape index (κ3) is 5.22. The smallest absolute Gasteiger partial charge is 0.262 e. The Balaban J connectivity index is 1.47. The van der Waals surface area contributed by atoms with Gasteiger partial charge in [0.25, 0.3) is 5.91 Å². The molecule has 0 bridgehead atoms. The summed E-state index contributed by atoms with van der Waals surface area (Å²) in [5.74, 6) is -0.257. The number of hydrogen-bond acceptors (Lipinski definition) is 5. The summed E-state index contributed by atoms with van der Waals surface area (Å²) in [5.41, 5.74) is 3.38. The Kier molecular flexibility index (Phi) is 6.82. The van der Waals surface area contributed by atoms with Gasteiger partial charge in [-0.2, -0.15) is 4.31 Å². The van der Waals surface area contributed by atoms with Gasteiger partial charge >= 0.3 is 0 Å². The van der Waals surface area contributed by atoms with Crippen molar-refractivity contribution in [2.75, 3.05) is 26.3 Å². The highest BCUT2D eigenvalue weighted by atomic mass is 32.2. The fraction of sp³-hybridized carbons (Fsp3) is 0.261. The highest BCUT2D eigenvalue weighted by molar-refractivity contribution is 7.88. The van der Waals surface area contributed by atoms with Crippen LogP contribution in [-0.4, -0.2) is 44.9 Å². The molecule has 0 unspecified atom stereocenters. The monoisotopic (exact) mass is 456 g/mol. The number of benzene rings is 2. The van der Waals surface area contributed by atoms with E-state index in [1.807, 2.05) is 60.0 Å². The number of carbonyl (C=O) groups is 1. The topological polar surface area (TPSA) is 75.7 Å². The number of sulfonamides is 1. The highest BCUT2D eigenvalue weighted by Crippen LogP contribution is 2.28. The van der Waals surface area contributed by atoms with Crippen molar-refractivity contribution in [2.45, 2.75) is 12.3 Å². The first kappa shape index (κ1) is 21.7. The maximum Gasteiger partial charge on any atom is 0.262 e. The van der Waals surface area contributed by atoms with Gasteiger partial charge in [0.2, 0.25) is 10.0 Å². The number of carbonyl (C=O) groups excluding carboxylic acids is 1. The van der Waals surface area contributed by atoms with Gasteiger partial charge < -0.3 is 10.1 Å². The molecule has 0 aliphatic carbocycles. The van der Waals surface area contributed by atoms with Crippen molar-refractivity contribution in [2.24, 2.45) is 0 Å². The predicted molar refractivity (Wildman–Crippen MR) is 122 cm³/mol. The second kappa shape index (κ2) is 9.74. The van der Waals surface area contributed by atoms with Crippen molar-refractivity contribution in [3.05, 3.63) is 82.0 Å². The molecule has 0 atom stereocenters. The molecule has 3 aromatic rings. The number of rotatable bonds is 7. The molecule has 0 saturated carbocycles. The van der Waals surface area contributed by atoms with E-state index < -0.39 is 10.0 Å². The van der Waals surface area contributed by atoms with Gasteiger partial charge in [-0.15, -0.1) is 11.3 Å². The molecule has 31 heavy (non-hydrogen) atoms. The second-order valence-corrected chi connectivity index (χ2v) is 10.1. The number of nitrogens with zero attached hydrogens (tertiary/aromatic N) is 1. The molecule has 1 aliphatic rings. The van der Waals surface area contributed by atoms with Crippen molar-refractivity contribution < 1.29 is 17.9 Å². The van der Waals surface area contributed by atoms with Crippen molar-refractivity contribution in [3.63, 3.8) is 0 Å². The molecule has 1 saturated heterocycles. The molecule has 0 radical (unpaired) electrons. The number of thiophene rings is 1. The lowest BCUT2D eigenvalue weighted by molar-refractivity contribution is 0.0729. The maximum absolute atomic E-state index is 12.9. The Morgan fingerprint density at radius 2 is 1.65 bits per heavy atom. The molecule has 1 aliphatic heterocycles. The standard InChI is InChI=1S/C23H24N2O4S2/c26-23(22-21(10-15-30-22)18-6-2-1-3-7-18)24-16-19-8-4-5-9-20(19)17-31(27,28)25-11-13-29-14-12-25/h1-10,15H,11-14,16-17H2,(H,24,26). The predicted octanol–water partition coefficient (Wildman–Crippen LogP) is 3.51. The van der Waals surface area contributed by atoms with Gasteiger partial charge in [-0.25, -0.2) is 8.42 Å². The average molecular weight is 457 g/mol. The highest BCUT2D eigenvalue weighted by Gasteiger charge is 2.25. The first-order chi connectivity index (χ1) is 15.0. The minimum absolute atomic E-state index is 0.0900. The van der Waals surface area contributed by atoms with Crippen LogP contribution >= 0.6 is 11.3 Å². The van der Waals surface area contributed by atoms with Gasteiger partial charge in [-0.3, -0.25) is 4.79 Å². The zero-order chi connectivity index (χ0) is 21.7. The lowest BCUT2D eigenvalue weighted by Crippen LogP contribution is -2.41. The van der Waals surface area contributed by atoms with E-state index in [-0.39, 0.29) is 18.2 Å². The van der Waals surface area contributed by atoms with Crippen molar-refractivity contribution in [3.8, 4) is 11.1 Å². The van der Waals surface area contributed by atoms with Crippen LogP contribution in [0.5, 0.6) is 0 Å². The average Bonchev–Trinajstić information content (AvgIpc) is 3.29. The van der Waals surface area contributed by atoms with Crippen LogP contribution in [0.1, 0.15) is 20.8 Å². The summed E-state index contributed by atoms with van der Waals surface area (Å²) in [4.78, 5) is 13.5. The molecule has 162 valence electrons. The van der Waals surface area contributed by atoms with Gasteiger partial charge in [0.05, 0.1) is 23.8 Å². The molecule has 1 aromatic heterocycles. The second-order valence-electron chi connectivity index (χ2n) is 7.25. The number of nitrogens with one attached hydrogen (secondary N) is 1. The Hall–Kier alpha value is -2.52. The zero-order valence-corrected chi connectivity index (χ0v) is 18.6. The number of amides is 1. The lowest BCUT2D eigenvalue weighted by Gasteiger charge is -2.26. The third-order valence-corrected chi connectivity index (χ3v) is 7.96. The summed E-state index contributed by atoms with van der Waals surface area (Å²) in [6.07, 6.45) is 0. The van der Waals surface area contributed by atoms with Crippen molar-refractivity contribution in [1.29, 1.82) is 0 Å². The summed E-state index contributed by atoms with van der Waals surface area (Å²) in [6, 6.07) is 19.1. The fourth-order valence-electron chi connectivity index (χ4n) is 3.57. The van der Waals surface area contributed by atoms with Crippen molar-refractivity contribution in [1.82, 2.24) is 9.62 Å². The normalized spacial score (nSPS) is 15.0. The molecule has 1 amide bonds. The number of morpholine rings is 1. The first-order valence-corrected chi connectivity index (χ1v) is 12.6. The number of hydrogen-bond donors (Lipinski definition) is 1. The van der Waals surface area contributed by atoms with Gasteiger partial charge in [-0.05, 0) is 28.1 Å². The van der Waals surface area contributed by atoms with Crippen LogP contribution in [0.15, 0.2) is 66.0 Å². The van der Waals surface area contributed by atoms with Crippen LogP contribution in [0.4, 0.5) is 0 Å². The molecular formula is C23H24N2O4S2. The van der Waals surface area contributed by atoms with Crippen LogP contribution in [-0.2, 0) is 27.1 Å². The molecule has 6 nitrogen and oxygen atoms in total. The number of ether oxygens (including phenoxy) is 1. The summed E-state index contributed by atoms with van der Waals surface area (Å²) >= 11 is 1.39. The van der Waals surface area contributed by atoms with Crippen LogP contribution in [0.3, 0.4) is 0 Å². The van der Waals surface area contributed by atoms with Crippen LogP contribution < -0.4 is 5.32 Å². The Bertz CT molecular complexity index is 1140. The molecule has 8 heteroatoms. The SMILES string of the molecule is O=C(NCc1ccccc1CS(=O)(=O)N1CCOCC1)c1sccc1-c1ccccc1. The Morgan fingerprint density at radius 1 is 0.968 bits per heavy atom. The van der Waals surface area contributed by atoms with E-state index >= 15 is 0 Å². The minimum Gasteiger partial charge on any atom is -0.379 e. The fourth-order valence-corrected chi connectivity index (χ4v) is 5.96. The van der Waals surface area contributed by atoms with Gasteiger partial charge in [0, 0.05) is 25.2 Å². The summed E-state index contributed by atoms with van der Waals surface area (Å²) in [7, 11) is -3.44. The van der Waals surface area contributed by atoms with E-state index in [9.17, 15) is 13.2 Å². The van der Waals surface area contributed by atoms with E-state index in [1.54, 1.807) is 6.07 Å². The van der Waals surface area contributed by atoms with Crippen LogP contribution in [0.25, 0.3) is 11.1 Å². The van der Waals surface area contributed by atoms with E-state index in [1.165, 1.54) is 15.6 Å². The molecule has 1 N–H and O–H groups in total. The van der Waals surface area contributed by atoms with E-state index in [4.69, 9.17) is 4.74 Å². The van der Waals surface area contributed by atoms with Gasteiger partial charge in [0.15, 0.2) is 0 Å². The Labute approximate surface area is 186 Å². The third-order valence-electron chi connectivity index (χ3n) is 5.22. The molecule has 4 rings (SSSR count). The Morgan fingerprint density at radius 3 is 2.39 bits per heavy atom. The van der Waals surface area contributed by atoms with Gasteiger partial charge in [-0.1, -0.05) is 54.6 Å². The van der Waals surface area contributed by atoms with Gasteiger partial charge in [0.1, 0.15) is 0 Å². The van der Waals surface area contributed by atoms with E-state index in [0.29, 0.717) is 36.7 Å². The first-order valence-electron chi connectivity index (χ1n) is 10.1. The van der Waals surface area contributed by atoms with Crippen LogP contribution in [0, 0.1) is 0 Å². The molecule has 1 fully saturated rings. The van der Waals surface area contributed by atoms with Crippen LogP contribution in [0.2, 0.25) is 0 Å². The summed E-state index contributed by atoms with van der Waals surface area (Å²) in [5, 5.41) is 4.86. The quantitative estimate of drug-likeness (QED) is 0.590. The summed E-state index contributed by atoms with van der Waals surface area (Å²) in [6.45, 7) is 1.85. The molecular weight excluding hydrogens is 432 g/mol. The lowest BCUT2D eigenvalue weighted by atomic mass is 10.1. The van der Waals surface area contributed by atoms with Crippen molar-refractivity contribution >= 4 is 27.3 Å². The maximum atomic E-state index is 12.9. The zero-order valence-electron chi connectivity index (χ0n) is 17.0.